The van der Waals surface area contributed by atoms with Gasteiger partial charge < -0.3 is 15.1 Å². The van der Waals surface area contributed by atoms with E-state index in [4.69, 9.17) is 0 Å². The van der Waals surface area contributed by atoms with Gasteiger partial charge in [-0.2, -0.15) is 0 Å². The third-order valence-electron chi connectivity index (χ3n) is 4.39. The summed E-state index contributed by atoms with van der Waals surface area (Å²) < 4.78 is 0. The predicted molar refractivity (Wildman–Crippen MR) is 90.8 cm³/mol. The van der Waals surface area contributed by atoms with Gasteiger partial charge in [-0.05, 0) is 25.5 Å². The number of benzene rings is 1. The van der Waals surface area contributed by atoms with Crippen molar-refractivity contribution in [1.29, 1.82) is 0 Å². The van der Waals surface area contributed by atoms with Gasteiger partial charge in [0.2, 0.25) is 11.8 Å². The minimum absolute atomic E-state index is 0.00912. The lowest BCUT2D eigenvalue weighted by Gasteiger charge is -2.26. The van der Waals surface area contributed by atoms with E-state index in [-0.39, 0.29) is 11.8 Å². The number of nitrogens with zero attached hydrogens (tertiary/aromatic N) is 2. The van der Waals surface area contributed by atoms with Gasteiger partial charge in [-0.25, -0.2) is 0 Å². The van der Waals surface area contributed by atoms with Crippen LogP contribution in [-0.2, 0) is 16.1 Å². The van der Waals surface area contributed by atoms with Crippen molar-refractivity contribution in [2.45, 2.75) is 38.8 Å². The first-order valence-corrected chi connectivity index (χ1v) is 8.35. The van der Waals surface area contributed by atoms with E-state index >= 15 is 0 Å². The van der Waals surface area contributed by atoms with Crippen molar-refractivity contribution in [1.82, 2.24) is 15.1 Å². The molecule has 1 N–H and O–H groups in total. The van der Waals surface area contributed by atoms with Gasteiger partial charge in [0.1, 0.15) is 0 Å². The van der Waals surface area contributed by atoms with Gasteiger partial charge in [-0.1, -0.05) is 30.3 Å². The zero-order chi connectivity index (χ0) is 16.7. The minimum atomic E-state index is 0.00912. The number of carbonyl (C=O) groups excluding carboxylic acids is 2. The lowest BCUT2D eigenvalue weighted by Crippen LogP contribution is -2.42. The largest absolute Gasteiger partial charge is 0.338 e. The van der Waals surface area contributed by atoms with Gasteiger partial charge >= 0.3 is 0 Å². The van der Waals surface area contributed by atoms with Crippen LogP contribution in [0.25, 0.3) is 0 Å². The molecule has 2 rings (SSSR count). The van der Waals surface area contributed by atoms with Gasteiger partial charge in [0, 0.05) is 45.6 Å². The molecule has 1 atom stereocenters. The van der Waals surface area contributed by atoms with Crippen LogP contribution in [0, 0.1) is 0 Å². The molecule has 0 saturated carbocycles. The molecule has 1 aliphatic heterocycles. The maximum atomic E-state index is 12.5. The maximum Gasteiger partial charge on any atom is 0.224 e. The lowest BCUT2D eigenvalue weighted by molar-refractivity contribution is -0.134. The highest BCUT2D eigenvalue weighted by Gasteiger charge is 2.28. The fraction of sp³-hybridized carbons (Fsp3) is 0.556. The third-order valence-corrected chi connectivity index (χ3v) is 4.39. The Bertz CT molecular complexity index is 518. The summed E-state index contributed by atoms with van der Waals surface area (Å²) in [5.74, 6) is 0.164. The van der Waals surface area contributed by atoms with E-state index in [0.29, 0.717) is 25.6 Å². The highest BCUT2D eigenvalue weighted by atomic mass is 16.2. The fourth-order valence-corrected chi connectivity index (χ4v) is 3.14. The number of likely N-dealkylation sites (N-methyl/N-ethyl adjacent to an activating group) is 1. The number of amides is 2. The third kappa shape index (κ3) is 5.06. The standard InChI is InChI=1S/C18H27N3O2/c1-15(22)20(14-16-7-4-3-5-8-16)12-10-18(23)21-11-6-9-17(21)13-19-2/h3-5,7-8,17,19H,6,9-14H2,1-2H3. The van der Waals surface area contributed by atoms with E-state index in [1.807, 2.05) is 42.3 Å². The Morgan fingerprint density at radius 1 is 1.30 bits per heavy atom. The summed E-state index contributed by atoms with van der Waals surface area (Å²) in [7, 11) is 1.92. The molecule has 23 heavy (non-hydrogen) atoms. The van der Waals surface area contributed by atoms with Crippen LogP contribution >= 0.6 is 0 Å². The molecule has 5 nitrogen and oxygen atoms in total. The molecule has 1 aromatic carbocycles. The minimum Gasteiger partial charge on any atom is -0.338 e. The molecule has 2 amide bonds. The summed E-state index contributed by atoms with van der Waals surface area (Å²) in [6.45, 7) is 4.28. The summed E-state index contributed by atoms with van der Waals surface area (Å²) in [6, 6.07) is 10.2. The Labute approximate surface area is 138 Å². The topological polar surface area (TPSA) is 52.7 Å². The van der Waals surface area contributed by atoms with E-state index in [1.165, 1.54) is 0 Å². The van der Waals surface area contributed by atoms with Crippen molar-refractivity contribution in [3.63, 3.8) is 0 Å². The average Bonchev–Trinajstić information content (AvgIpc) is 3.00. The highest BCUT2D eigenvalue weighted by molar-refractivity contribution is 5.78. The smallest absolute Gasteiger partial charge is 0.224 e. The first-order valence-electron chi connectivity index (χ1n) is 8.35. The van der Waals surface area contributed by atoms with Crippen molar-refractivity contribution in [3.05, 3.63) is 35.9 Å². The quantitative estimate of drug-likeness (QED) is 0.832. The zero-order valence-electron chi connectivity index (χ0n) is 14.1. The summed E-state index contributed by atoms with van der Waals surface area (Å²) in [5, 5.41) is 3.15. The van der Waals surface area contributed by atoms with Crippen LogP contribution in [0.5, 0.6) is 0 Å². The van der Waals surface area contributed by atoms with E-state index in [2.05, 4.69) is 5.32 Å². The van der Waals surface area contributed by atoms with Crippen LogP contribution in [0.3, 0.4) is 0 Å². The van der Waals surface area contributed by atoms with Crippen molar-refractivity contribution < 1.29 is 9.59 Å². The first kappa shape index (κ1) is 17.5. The molecule has 1 aromatic rings. The van der Waals surface area contributed by atoms with Crippen LogP contribution in [-0.4, -0.2) is 54.3 Å². The van der Waals surface area contributed by atoms with Gasteiger partial charge in [0.05, 0.1) is 0 Å². The fourth-order valence-electron chi connectivity index (χ4n) is 3.14. The molecule has 0 spiro atoms. The van der Waals surface area contributed by atoms with E-state index in [9.17, 15) is 9.59 Å². The van der Waals surface area contributed by atoms with Gasteiger partial charge in [-0.15, -0.1) is 0 Å². The van der Waals surface area contributed by atoms with Crippen LogP contribution in [0.15, 0.2) is 30.3 Å². The number of hydrogen-bond acceptors (Lipinski definition) is 3. The van der Waals surface area contributed by atoms with Gasteiger partial charge in [0.25, 0.3) is 0 Å². The van der Waals surface area contributed by atoms with Crippen molar-refractivity contribution in [3.8, 4) is 0 Å². The van der Waals surface area contributed by atoms with Crippen molar-refractivity contribution in [2.75, 3.05) is 26.7 Å². The van der Waals surface area contributed by atoms with Crippen LogP contribution in [0.1, 0.15) is 31.7 Å². The second kappa shape index (κ2) is 8.67. The molecule has 1 fully saturated rings. The molecule has 0 aliphatic carbocycles. The summed E-state index contributed by atoms with van der Waals surface area (Å²) in [5.41, 5.74) is 1.09. The predicted octanol–water partition coefficient (Wildman–Crippen LogP) is 1.64. The Hall–Kier alpha value is -1.88. The van der Waals surface area contributed by atoms with E-state index in [0.717, 1.165) is 31.5 Å². The molecule has 1 saturated heterocycles. The lowest BCUT2D eigenvalue weighted by atomic mass is 10.2. The summed E-state index contributed by atoms with van der Waals surface area (Å²) >= 11 is 0. The Morgan fingerprint density at radius 2 is 2.04 bits per heavy atom. The monoisotopic (exact) mass is 317 g/mol. The van der Waals surface area contributed by atoms with Gasteiger partial charge in [-0.3, -0.25) is 9.59 Å². The SMILES string of the molecule is CNCC1CCCN1C(=O)CCN(Cc1ccccc1)C(C)=O. The Balaban J connectivity index is 1.88. The average molecular weight is 317 g/mol. The number of carbonyl (C=O) groups is 2. The molecule has 0 radical (unpaired) electrons. The number of nitrogens with one attached hydrogen (secondary N) is 1. The second-order valence-electron chi connectivity index (χ2n) is 6.12. The Morgan fingerprint density at radius 3 is 2.70 bits per heavy atom. The Kier molecular flexibility index (Phi) is 6.59. The normalized spacial score (nSPS) is 17.3. The van der Waals surface area contributed by atoms with Crippen LogP contribution in [0.2, 0.25) is 0 Å². The van der Waals surface area contributed by atoms with Crippen LogP contribution in [0.4, 0.5) is 0 Å². The molecule has 0 bridgehead atoms. The molecular formula is C18H27N3O2. The molecule has 5 heteroatoms. The maximum absolute atomic E-state index is 12.5. The molecule has 1 heterocycles. The molecule has 1 unspecified atom stereocenters. The highest BCUT2D eigenvalue weighted by Crippen LogP contribution is 2.18. The number of rotatable bonds is 7. The summed E-state index contributed by atoms with van der Waals surface area (Å²) in [6.07, 6.45) is 2.53. The van der Waals surface area contributed by atoms with Crippen molar-refractivity contribution in [2.24, 2.45) is 0 Å². The number of likely N-dealkylation sites (tertiary alicyclic amines) is 1. The van der Waals surface area contributed by atoms with E-state index in [1.54, 1.807) is 11.8 Å². The van der Waals surface area contributed by atoms with Crippen molar-refractivity contribution >= 4 is 11.8 Å². The molecular weight excluding hydrogens is 290 g/mol. The molecule has 0 aromatic heterocycles. The first-order chi connectivity index (χ1) is 11.1. The second-order valence-corrected chi connectivity index (χ2v) is 6.12. The van der Waals surface area contributed by atoms with E-state index < -0.39 is 0 Å². The zero-order valence-corrected chi connectivity index (χ0v) is 14.1. The molecule has 126 valence electrons. The van der Waals surface area contributed by atoms with Crippen LogP contribution < -0.4 is 5.32 Å². The number of hydrogen-bond donors (Lipinski definition) is 1. The summed E-state index contributed by atoms with van der Waals surface area (Å²) in [4.78, 5) is 28.0. The van der Waals surface area contributed by atoms with Gasteiger partial charge in [0.15, 0.2) is 0 Å². The molecule has 1 aliphatic rings.